The SMILES string of the molecule is N=C(N)c1ccc(-c2cc(NC3(Cc4ccccc4)CC3)nc(N)n2)cc1N. The van der Waals surface area contributed by atoms with E-state index >= 15 is 0 Å². The van der Waals surface area contributed by atoms with Gasteiger partial charge in [-0.3, -0.25) is 5.41 Å². The zero-order chi connectivity index (χ0) is 19.7. The van der Waals surface area contributed by atoms with Crippen LogP contribution in [0.4, 0.5) is 17.5 Å². The van der Waals surface area contributed by atoms with E-state index in [0.717, 1.165) is 24.8 Å². The average Bonchev–Trinajstić information content (AvgIpc) is 3.40. The lowest BCUT2D eigenvalue weighted by molar-refractivity contribution is 0.721. The molecule has 0 atom stereocenters. The molecule has 1 aromatic heterocycles. The van der Waals surface area contributed by atoms with Gasteiger partial charge >= 0.3 is 0 Å². The summed E-state index contributed by atoms with van der Waals surface area (Å²) in [6, 6.07) is 17.6. The van der Waals surface area contributed by atoms with E-state index in [0.29, 0.717) is 22.8 Å². The minimum Gasteiger partial charge on any atom is -0.398 e. The van der Waals surface area contributed by atoms with E-state index in [1.165, 1.54) is 5.56 Å². The molecule has 0 aliphatic heterocycles. The van der Waals surface area contributed by atoms with Crippen LogP contribution in [-0.4, -0.2) is 21.3 Å². The number of aromatic nitrogens is 2. The van der Waals surface area contributed by atoms with Gasteiger partial charge < -0.3 is 22.5 Å². The van der Waals surface area contributed by atoms with Crippen molar-refractivity contribution >= 4 is 23.3 Å². The Bertz CT molecular complexity index is 1030. The molecule has 2 aromatic carbocycles. The number of anilines is 3. The van der Waals surface area contributed by atoms with Crippen LogP contribution in [-0.2, 0) is 6.42 Å². The van der Waals surface area contributed by atoms with Gasteiger partial charge in [0.05, 0.1) is 5.69 Å². The summed E-state index contributed by atoms with van der Waals surface area (Å²) in [4.78, 5) is 8.70. The molecule has 1 saturated carbocycles. The first kappa shape index (κ1) is 17.8. The van der Waals surface area contributed by atoms with Crippen molar-refractivity contribution in [3.05, 3.63) is 65.7 Å². The standard InChI is InChI=1S/C21H23N7/c22-16-10-14(6-7-15(16)19(23)24)17-11-18(27-20(25)26-17)28-21(8-9-21)12-13-4-2-1-3-5-13/h1-7,10-11H,8-9,12,22H2,(H3,23,24)(H3,25,26,27,28). The van der Waals surface area contributed by atoms with Crippen molar-refractivity contribution in [3.8, 4) is 11.3 Å². The van der Waals surface area contributed by atoms with Crippen molar-refractivity contribution in [1.82, 2.24) is 9.97 Å². The summed E-state index contributed by atoms with van der Waals surface area (Å²) in [5, 5.41) is 11.1. The molecule has 3 aromatic rings. The van der Waals surface area contributed by atoms with E-state index in [1.54, 1.807) is 12.1 Å². The quantitative estimate of drug-likeness (QED) is 0.256. The van der Waals surface area contributed by atoms with Crippen molar-refractivity contribution in [2.45, 2.75) is 24.8 Å². The Hall–Kier alpha value is -3.61. The van der Waals surface area contributed by atoms with Crippen LogP contribution in [0.15, 0.2) is 54.6 Å². The number of nitrogen functional groups attached to an aromatic ring is 3. The second-order valence-corrected chi connectivity index (χ2v) is 7.28. The highest BCUT2D eigenvalue weighted by Crippen LogP contribution is 2.42. The van der Waals surface area contributed by atoms with Crippen LogP contribution in [0, 0.1) is 5.41 Å². The molecule has 0 amide bonds. The van der Waals surface area contributed by atoms with Crippen LogP contribution in [0.5, 0.6) is 0 Å². The minimum absolute atomic E-state index is 0.0108. The maximum absolute atomic E-state index is 7.56. The highest BCUT2D eigenvalue weighted by Gasteiger charge is 2.42. The number of nitrogens with zero attached hydrogens (tertiary/aromatic N) is 2. The molecule has 7 heteroatoms. The molecule has 1 aliphatic carbocycles. The van der Waals surface area contributed by atoms with Gasteiger partial charge in [0.15, 0.2) is 0 Å². The molecule has 8 N–H and O–H groups in total. The smallest absolute Gasteiger partial charge is 0.222 e. The van der Waals surface area contributed by atoms with Crippen LogP contribution in [0.2, 0.25) is 0 Å². The van der Waals surface area contributed by atoms with Gasteiger partial charge in [-0.1, -0.05) is 36.4 Å². The Balaban J connectivity index is 1.59. The van der Waals surface area contributed by atoms with E-state index in [-0.39, 0.29) is 17.3 Å². The van der Waals surface area contributed by atoms with Gasteiger partial charge in [0.2, 0.25) is 5.95 Å². The molecule has 0 unspecified atom stereocenters. The van der Waals surface area contributed by atoms with Crippen molar-refractivity contribution in [2.75, 3.05) is 16.8 Å². The molecule has 1 aliphatic rings. The lowest BCUT2D eigenvalue weighted by Gasteiger charge is -2.19. The van der Waals surface area contributed by atoms with Crippen LogP contribution in [0.3, 0.4) is 0 Å². The summed E-state index contributed by atoms with van der Waals surface area (Å²) in [6.07, 6.45) is 3.11. The molecule has 0 spiro atoms. The first-order valence-corrected chi connectivity index (χ1v) is 9.15. The second-order valence-electron chi connectivity index (χ2n) is 7.28. The molecule has 1 heterocycles. The molecule has 4 rings (SSSR count). The van der Waals surface area contributed by atoms with Crippen molar-refractivity contribution in [3.63, 3.8) is 0 Å². The molecule has 0 radical (unpaired) electrons. The van der Waals surface area contributed by atoms with Gasteiger partial charge in [0, 0.05) is 28.4 Å². The highest BCUT2D eigenvalue weighted by molar-refractivity contribution is 6.00. The normalized spacial score (nSPS) is 14.4. The molecule has 142 valence electrons. The zero-order valence-electron chi connectivity index (χ0n) is 15.4. The zero-order valence-corrected chi connectivity index (χ0v) is 15.4. The van der Waals surface area contributed by atoms with Gasteiger partial charge in [-0.2, -0.15) is 4.98 Å². The first-order chi connectivity index (χ1) is 13.4. The maximum Gasteiger partial charge on any atom is 0.222 e. The highest BCUT2D eigenvalue weighted by atomic mass is 15.1. The van der Waals surface area contributed by atoms with Crippen LogP contribution in [0.1, 0.15) is 24.0 Å². The van der Waals surface area contributed by atoms with E-state index in [9.17, 15) is 0 Å². The minimum atomic E-state index is -0.0646. The summed E-state index contributed by atoms with van der Waals surface area (Å²) < 4.78 is 0. The predicted octanol–water partition coefficient (Wildman–Crippen LogP) is 2.78. The van der Waals surface area contributed by atoms with Gasteiger partial charge in [-0.05, 0) is 37.0 Å². The summed E-state index contributed by atoms with van der Waals surface area (Å²) in [5.74, 6) is 0.833. The topological polar surface area (TPSA) is 140 Å². The van der Waals surface area contributed by atoms with Gasteiger partial charge in [-0.25, -0.2) is 4.98 Å². The monoisotopic (exact) mass is 373 g/mol. The largest absolute Gasteiger partial charge is 0.398 e. The van der Waals surface area contributed by atoms with E-state index < -0.39 is 0 Å². The van der Waals surface area contributed by atoms with Crippen molar-refractivity contribution < 1.29 is 0 Å². The molecule has 1 fully saturated rings. The molecule has 7 nitrogen and oxygen atoms in total. The number of nitrogens with two attached hydrogens (primary N) is 3. The van der Waals surface area contributed by atoms with Crippen LogP contribution < -0.4 is 22.5 Å². The van der Waals surface area contributed by atoms with Gasteiger partial charge in [0.25, 0.3) is 0 Å². The fourth-order valence-electron chi connectivity index (χ4n) is 3.40. The summed E-state index contributed by atoms with van der Waals surface area (Å²) in [6.45, 7) is 0. The number of hydrogen-bond acceptors (Lipinski definition) is 6. The maximum atomic E-state index is 7.56. The number of amidine groups is 1. The Morgan fingerprint density at radius 3 is 2.43 bits per heavy atom. The Kier molecular flexibility index (Phi) is 4.35. The van der Waals surface area contributed by atoms with Crippen molar-refractivity contribution in [1.29, 1.82) is 5.41 Å². The van der Waals surface area contributed by atoms with Crippen LogP contribution in [0.25, 0.3) is 11.3 Å². The third-order valence-electron chi connectivity index (χ3n) is 5.01. The molecular formula is C21H23N7. The summed E-state index contributed by atoms with van der Waals surface area (Å²) >= 11 is 0. The molecule has 0 bridgehead atoms. The molecular weight excluding hydrogens is 350 g/mol. The third-order valence-corrected chi connectivity index (χ3v) is 5.01. The lowest BCUT2D eigenvalue weighted by Crippen LogP contribution is -2.25. The molecule has 28 heavy (non-hydrogen) atoms. The van der Waals surface area contributed by atoms with Gasteiger partial charge in [-0.15, -0.1) is 0 Å². The fraction of sp³-hybridized carbons (Fsp3) is 0.190. The third kappa shape index (κ3) is 3.73. The first-order valence-electron chi connectivity index (χ1n) is 9.15. The Morgan fingerprint density at radius 2 is 1.79 bits per heavy atom. The van der Waals surface area contributed by atoms with Crippen molar-refractivity contribution in [2.24, 2.45) is 5.73 Å². The second kappa shape index (κ2) is 6.84. The predicted molar refractivity (Wildman–Crippen MR) is 113 cm³/mol. The van der Waals surface area contributed by atoms with E-state index in [1.807, 2.05) is 18.2 Å². The average molecular weight is 373 g/mol. The van der Waals surface area contributed by atoms with Crippen LogP contribution >= 0.6 is 0 Å². The van der Waals surface area contributed by atoms with E-state index in [4.69, 9.17) is 22.6 Å². The fourth-order valence-corrected chi connectivity index (χ4v) is 3.40. The number of nitrogens with one attached hydrogen (secondary N) is 2. The van der Waals surface area contributed by atoms with E-state index in [2.05, 4.69) is 39.6 Å². The lowest BCUT2D eigenvalue weighted by atomic mass is 10.0. The summed E-state index contributed by atoms with van der Waals surface area (Å²) in [5.41, 5.74) is 21.2. The number of hydrogen-bond donors (Lipinski definition) is 5. The molecule has 0 saturated heterocycles. The van der Waals surface area contributed by atoms with Gasteiger partial charge in [0.1, 0.15) is 11.7 Å². The number of rotatable bonds is 6. The Morgan fingerprint density at radius 1 is 1.04 bits per heavy atom. The number of benzene rings is 2. The summed E-state index contributed by atoms with van der Waals surface area (Å²) in [7, 11) is 0. The Labute approximate surface area is 163 Å².